The molecule has 1 N–H and O–H groups in total. The van der Waals surface area contributed by atoms with Crippen LogP contribution in [0.1, 0.15) is 23.6 Å². The summed E-state index contributed by atoms with van der Waals surface area (Å²) in [6.07, 6.45) is 0.783. The fourth-order valence-electron chi connectivity index (χ4n) is 3.04. The molecule has 164 valence electrons. The van der Waals surface area contributed by atoms with Crippen molar-refractivity contribution in [2.24, 2.45) is 0 Å². The molecule has 0 aliphatic carbocycles. The lowest BCUT2D eigenvalue weighted by atomic mass is 10.1. The Morgan fingerprint density at radius 2 is 1.48 bits per heavy atom. The highest BCUT2D eigenvalue weighted by Crippen LogP contribution is 2.34. The van der Waals surface area contributed by atoms with Crippen molar-refractivity contribution in [1.29, 1.82) is 0 Å². The van der Waals surface area contributed by atoms with Crippen LogP contribution in [0, 0.1) is 0 Å². The number of hydrogen-bond acceptors (Lipinski definition) is 3. The molecule has 0 unspecified atom stereocenters. The van der Waals surface area contributed by atoms with Crippen LogP contribution in [0.25, 0.3) is 0 Å². The summed E-state index contributed by atoms with van der Waals surface area (Å²) >= 11 is 24.9. The Morgan fingerprint density at radius 3 is 2.23 bits per heavy atom. The summed E-state index contributed by atoms with van der Waals surface area (Å²) in [6, 6.07) is 16.8. The molecule has 0 aliphatic heterocycles. The summed E-state index contributed by atoms with van der Waals surface area (Å²) in [4.78, 5) is 0. The van der Waals surface area contributed by atoms with Crippen LogP contribution >= 0.6 is 46.4 Å². The van der Waals surface area contributed by atoms with Crippen LogP contribution in [0.15, 0.2) is 54.6 Å². The first-order valence-corrected chi connectivity index (χ1v) is 11.4. The lowest BCUT2D eigenvalue weighted by Gasteiger charge is -2.16. The van der Waals surface area contributed by atoms with E-state index < -0.39 is 0 Å². The van der Waals surface area contributed by atoms with Gasteiger partial charge in [0, 0.05) is 38.3 Å². The second-order valence-electron chi connectivity index (χ2n) is 6.87. The van der Waals surface area contributed by atoms with Crippen LogP contribution in [-0.4, -0.2) is 13.2 Å². The summed E-state index contributed by atoms with van der Waals surface area (Å²) in [5.74, 6) is 1.24. The van der Waals surface area contributed by atoms with Gasteiger partial charge >= 0.3 is 0 Å². The summed E-state index contributed by atoms with van der Waals surface area (Å²) in [6.45, 7) is 4.11. The number of ether oxygens (including phenoxy) is 2. The first-order valence-electron chi connectivity index (χ1n) is 9.94. The smallest absolute Gasteiger partial charge is 0.163 e. The van der Waals surface area contributed by atoms with Gasteiger partial charge in [0.05, 0.1) is 6.61 Å². The molecule has 0 amide bonds. The Hall–Kier alpha value is -1.62. The maximum absolute atomic E-state index is 6.52. The normalized spacial score (nSPS) is 10.9. The van der Waals surface area contributed by atoms with Crippen LogP contribution in [0.3, 0.4) is 0 Å². The van der Waals surface area contributed by atoms with Gasteiger partial charge in [-0.3, -0.25) is 0 Å². The van der Waals surface area contributed by atoms with Crippen molar-refractivity contribution >= 4 is 46.4 Å². The standard InChI is InChI=1S/C24H23Cl4NO2/c1-2-30-23-11-18(14-29-10-9-16-7-8-19(25)12-21(16)27)22(28)13-24(23)31-15-17-5-3-4-6-20(17)26/h3-8,11-13,29H,2,9-10,14-15H2,1H3. The zero-order valence-corrected chi connectivity index (χ0v) is 20.1. The molecule has 3 nitrogen and oxygen atoms in total. The third-order valence-electron chi connectivity index (χ3n) is 4.66. The molecule has 0 aromatic heterocycles. The number of rotatable bonds is 10. The molecule has 0 saturated heterocycles. The van der Waals surface area contributed by atoms with Crippen molar-refractivity contribution in [3.05, 3.63) is 91.4 Å². The molecular weight excluding hydrogens is 476 g/mol. The van der Waals surface area contributed by atoms with Crippen LogP contribution in [0.5, 0.6) is 11.5 Å². The molecule has 7 heteroatoms. The molecule has 0 saturated carbocycles. The first kappa shape index (κ1) is 24.0. The largest absolute Gasteiger partial charge is 0.490 e. The summed E-state index contributed by atoms with van der Waals surface area (Å²) in [5.41, 5.74) is 2.87. The van der Waals surface area contributed by atoms with E-state index in [0.717, 1.165) is 29.7 Å². The van der Waals surface area contributed by atoms with Gasteiger partial charge in [0.2, 0.25) is 0 Å². The number of benzene rings is 3. The minimum Gasteiger partial charge on any atom is -0.490 e. The Labute approximate surface area is 203 Å². The maximum atomic E-state index is 6.52. The van der Waals surface area contributed by atoms with E-state index in [1.807, 2.05) is 49.4 Å². The van der Waals surface area contributed by atoms with Gasteiger partial charge in [0.15, 0.2) is 11.5 Å². The van der Waals surface area contributed by atoms with Crippen molar-refractivity contribution < 1.29 is 9.47 Å². The van der Waals surface area contributed by atoms with Gasteiger partial charge in [-0.15, -0.1) is 0 Å². The second kappa shape index (κ2) is 11.8. The zero-order chi connectivity index (χ0) is 22.2. The molecule has 3 aromatic rings. The predicted molar refractivity (Wildman–Crippen MR) is 130 cm³/mol. The number of halogens is 4. The quantitative estimate of drug-likeness (QED) is 0.292. The van der Waals surface area contributed by atoms with E-state index in [1.165, 1.54) is 0 Å². The van der Waals surface area contributed by atoms with Crippen molar-refractivity contribution in [3.63, 3.8) is 0 Å². The van der Waals surface area contributed by atoms with Crippen molar-refractivity contribution in [2.75, 3.05) is 13.2 Å². The molecular formula is C24H23Cl4NO2. The van der Waals surface area contributed by atoms with Gasteiger partial charge in [-0.05, 0) is 55.3 Å². The van der Waals surface area contributed by atoms with Gasteiger partial charge in [0.1, 0.15) is 6.61 Å². The lowest BCUT2D eigenvalue weighted by Crippen LogP contribution is -2.17. The predicted octanol–water partition coefficient (Wildman–Crippen LogP) is 7.61. The van der Waals surface area contributed by atoms with Crippen LogP contribution < -0.4 is 14.8 Å². The number of nitrogens with one attached hydrogen (secondary N) is 1. The third kappa shape index (κ3) is 6.93. The van der Waals surface area contributed by atoms with E-state index in [1.54, 1.807) is 12.1 Å². The Balaban J connectivity index is 1.63. The molecule has 0 radical (unpaired) electrons. The topological polar surface area (TPSA) is 30.5 Å². The Morgan fingerprint density at radius 1 is 0.742 bits per heavy atom. The minimum absolute atomic E-state index is 0.329. The molecule has 0 aliphatic rings. The van der Waals surface area contributed by atoms with E-state index in [-0.39, 0.29) is 0 Å². The van der Waals surface area contributed by atoms with E-state index >= 15 is 0 Å². The molecule has 0 atom stereocenters. The summed E-state index contributed by atoms with van der Waals surface area (Å²) in [7, 11) is 0. The molecule has 3 aromatic carbocycles. The third-order valence-corrected chi connectivity index (χ3v) is 5.96. The maximum Gasteiger partial charge on any atom is 0.163 e. The molecule has 0 spiro atoms. The van der Waals surface area contributed by atoms with Gasteiger partial charge in [-0.1, -0.05) is 70.7 Å². The fraction of sp³-hybridized carbons (Fsp3) is 0.250. The van der Waals surface area contributed by atoms with Crippen LogP contribution in [-0.2, 0) is 19.6 Å². The summed E-state index contributed by atoms with van der Waals surface area (Å²) < 4.78 is 11.7. The van der Waals surface area contributed by atoms with Gasteiger partial charge in [-0.2, -0.15) is 0 Å². The van der Waals surface area contributed by atoms with Gasteiger partial charge < -0.3 is 14.8 Å². The molecule has 31 heavy (non-hydrogen) atoms. The lowest BCUT2D eigenvalue weighted by molar-refractivity contribution is 0.269. The minimum atomic E-state index is 0.329. The van der Waals surface area contributed by atoms with Gasteiger partial charge in [0.25, 0.3) is 0 Å². The highest BCUT2D eigenvalue weighted by Gasteiger charge is 2.12. The highest BCUT2D eigenvalue weighted by atomic mass is 35.5. The van der Waals surface area contributed by atoms with Gasteiger partial charge in [-0.25, -0.2) is 0 Å². The average Bonchev–Trinajstić information content (AvgIpc) is 2.74. The molecule has 3 rings (SSSR count). The average molecular weight is 499 g/mol. The molecule has 0 heterocycles. The molecule has 0 fully saturated rings. The van der Waals surface area contributed by atoms with E-state index in [4.69, 9.17) is 55.9 Å². The SMILES string of the molecule is CCOc1cc(CNCCc2ccc(Cl)cc2Cl)c(Cl)cc1OCc1ccccc1Cl. The van der Waals surface area contributed by atoms with Crippen molar-refractivity contribution in [1.82, 2.24) is 5.32 Å². The number of hydrogen-bond donors (Lipinski definition) is 1. The van der Waals surface area contributed by atoms with E-state index in [0.29, 0.717) is 51.3 Å². The Kier molecular flexibility index (Phi) is 9.18. The highest BCUT2D eigenvalue weighted by molar-refractivity contribution is 6.35. The van der Waals surface area contributed by atoms with Crippen molar-refractivity contribution in [3.8, 4) is 11.5 Å². The Bertz CT molecular complexity index is 1030. The summed E-state index contributed by atoms with van der Waals surface area (Å²) in [5, 5.41) is 5.97. The molecule has 0 bridgehead atoms. The zero-order valence-electron chi connectivity index (χ0n) is 17.1. The fourth-order valence-corrected chi connectivity index (χ4v) is 3.95. The van der Waals surface area contributed by atoms with Crippen molar-refractivity contribution in [2.45, 2.75) is 26.5 Å². The van der Waals surface area contributed by atoms with Crippen LogP contribution in [0.2, 0.25) is 20.1 Å². The monoisotopic (exact) mass is 497 g/mol. The van der Waals surface area contributed by atoms with E-state index in [9.17, 15) is 0 Å². The first-order chi connectivity index (χ1) is 15.0. The second-order valence-corrected chi connectivity index (χ2v) is 8.52. The van der Waals surface area contributed by atoms with E-state index in [2.05, 4.69) is 5.32 Å². The van der Waals surface area contributed by atoms with Crippen LogP contribution in [0.4, 0.5) is 0 Å².